The van der Waals surface area contributed by atoms with Crippen LogP contribution < -0.4 is 10.6 Å². The van der Waals surface area contributed by atoms with E-state index in [0.29, 0.717) is 27.6 Å². The number of hydrogen-bond acceptors (Lipinski definition) is 3. The van der Waals surface area contributed by atoms with E-state index in [1.165, 1.54) is 0 Å². The predicted molar refractivity (Wildman–Crippen MR) is 106 cm³/mol. The third-order valence-corrected chi connectivity index (χ3v) is 4.13. The van der Waals surface area contributed by atoms with Gasteiger partial charge in [-0.25, -0.2) is 4.68 Å². The molecule has 0 bridgehead atoms. The van der Waals surface area contributed by atoms with Crippen molar-refractivity contribution < 1.29 is 9.59 Å². The summed E-state index contributed by atoms with van der Waals surface area (Å²) in [4.78, 5) is 24.4. The van der Waals surface area contributed by atoms with Crippen LogP contribution in [-0.2, 0) is 4.79 Å². The van der Waals surface area contributed by atoms with Crippen molar-refractivity contribution in [1.29, 1.82) is 0 Å². The highest BCUT2D eigenvalue weighted by Crippen LogP contribution is 2.25. The van der Waals surface area contributed by atoms with E-state index in [4.69, 9.17) is 11.6 Å². The van der Waals surface area contributed by atoms with E-state index < -0.39 is 0 Å². The van der Waals surface area contributed by atoms with Crippen molar-refractivity contribution in [3.63, 3.8) is 0 Å². The molecule has 0 saturated carbocycles. The van der Waals surface area contributed by atoms with E-state index in [1.54, 1.807) is 65.6 Å². The lowest BCUT2D eigenvalue weighted by Crippen LogP contribution is -2.18. The summed E-state index contributed by atoms with van der Waals surface area (Å²) in [6.07, 6.45) is 3.44. The molecule has 27 heavy (non-hydrogen) atoms. The van der Waals surface area contributed by atoms with E-state index in [0.717, 1.165) is 0 Å². The molecule has 3 rings (SSSR count). The number of anilines is 2. The van der Waals surface area contributed by atoms with Crippen LogP contribution in [0.4, 0.5) is 11.4 Å². The zero-order valence-electron chi connectivity index (χ0n) is 14.9. The average molecular weight is 383 g/mol. The van der Waals surface area contributed by atoms with Crippen molar-refractivity contribution in [3.05, 3.63) is 71.5 Å². The van der Waals surface area contributed by atoms with Gasteiger partial charge in [-0.05, 0) is 48.5 Å². The van der Waals surface area contributed by atoms with Crippen molar-refractivity contribution in [2.45, 2.75) is 13.8 Å². The van der Waals surface area contributed by atoms with Crippen molar-refractivity contribution in [2.24, 2.45) is 5.92 Å². The van der Waals surface area contributed by atoms with Crippen molar-refractivity contribution in [3.8, 4) is 5.69 Å². The van der Waals surface area contributed by atoms with Gasteiger partial charge in [0.25, 0.3) is 5.91 Å². The molecule has 2 amide bonds. The standard InChI is InChI=1S/C20H19ClN4O2/c1-13(2)19(26)23-16-7-4-14(5-8-16)20(27)24-17-12-15(21)6-9-18(17)25-11-3-10-22-25/h3-13H,1-2H3,(H,23,26)(H,24,27). The molecule has 0 aliphatic rings. The Kier molecular flexibility index (Phi) is 5.57. The number of carbonyl (C=O) groups is 2. The van der Waals surface area contributed by atoms with Crippen LogP contribution in [0.25, 0.3) is 5.69 Å². The number of halogens is 1. The van der Waals surface area contributed by atoms with Crippen LogP contribution in [0.5, 0.6) is 0 Å². The van der Waals surface area contributed by atoms with E-state index in [9.17, 15) is 9.59 Å². The molecular weight excluding hydrogens is 364 g/mol. The highest BCUT2D eigenvalue weighted by atomic mass is 35.5. The van der Waals surface area contributed by atoms with Crippen molar-refractivity contribution in [1.82, 2.24) is 9.78 Å². The first-order chi connectivity index (χ1) is 12.9. The zero-order chi connectivity index (χ0) is 19.4. The molecule has 6 nitrogen and oxygen atoms in total. The summed E-state index contributed by atoms with van der Waals surface area (Å²) in [7, 11) is 0. The SMILES string of the molecule is CC(C)C(=O)Nc1ccc(C(=O)Nc2cc(Cl)ccc2-n2cccn2)cc1. The normalized spacial score (nSPS) is 10.7. The maximum absolute atomic E-state index is 12.6. The zero-order valence-corrected chi connectivity index (χ0v) is 15.7. The third-order valence-electron chi connectivity index (χ3n) is 3.90. The molecule has 2 N–H and O–H groups in total. The van der Waals surface area contributed by atoms with Crippen LogP contribution in [-0.4, -0.2) is 21.6 Å². The van der Waals surface area contributed by atoms with E-state index >= 15 is 0 Å². The number of nitrogens with zero attached hydrogens (tertiary/aromatic N) is 2. The topological polar surface area (TPSA) is 76.0 Å². The Balaban J connectivity index is 1.78. The second-order valence-corrected chi connectivity index (χ2v) is 6.72. The quantitative estimate of drug-likeness (QED) is 0.687. The van der Waals surface area contributed by atoms with E-state index in [1.807, 2.05) is 13.8 Å². The van der Waals surface area contributed by atoms with Gasteiger partial charge in [-0.2, -0.15) is 5.10 Å². The molecule has 0 atom stereocenters. The van der Waals surface area contributed by atoms with E-state index in [2.05, 4.69) is 15.7 Å². The number of nitrogens with one attached hydrogen (secondary N) is 2. The van der Waals surface area contributed by atoms with Gasteiger partial charge >= 0.3 is 0 Å². The van der Waals surface area contributed by atoms with Crippen LogP contribution in [0.15, 0.2) is 60.9 Å². The Morgan fingerprint density at radius 3 is 2.44 bits per heavy atom. The number of amides is 2. The first kappa shape index (κ1) is 18.7. The first-order valence-corrected chi connectivity index (χ1v) is 8.83. The fourth-order valence-corrected chi connectivity index (χ4v) is 2.58. The summed E-state index contributed by atoms with van der Waals surface area (Å²) < 4.78 is 1.65. The van der Waals surface area contributed by atoms with Gasteiger partial charge in [-0.1, -0.05) is 25.4 Å². The van der Waals surface area contributed by atoms with Crippen molar-refractivity contribution >= 4 is 34.8 Å². The molecule has 0 unspecified atom stereocenters. The Morgan fingerprint density at radius 1 is 1.07 bits per heavy atom. The van der Waals surface area contributed by atoms with Gasteiger partial charge in [-0.3, -0.25) is 9.59 Å². The highest BCUT2D eigenvalue weighted by molar-refractivity contribution is 6.31. The Morgan fingerprint density at radius 2 is 1.81 bits per heavy atom. The molecule has 1 aromatic heterocycles. The maximum Gasteiger partial charge on any atom is 0.255 e. The molecule has 2 aromatic carbocycles. The second kappa shape index (κ2) is 8.05. The van der Waals surface area contributed by atoms with Gasteiger partial charge in [-0.15, -0.1) is 0 Å². The lowest BCUT2D eigenvalue weighted by molar-refractivity contribution is -0.118. The van der Waals surface area contributed by atoms with Gasteiger partial charge in [0.15, 0.2) is 0 Å². The lowest BCUT2D eigenvalue weighted by Gasteiger charge is -2.12. The van der Waals surface area contributed by atoms with Gasteiger partial charge in [0.05, 0.1) is 11.4 Å². The van der Waals surface area contributed by atoms with Gasteiger partial charge in [0.2, 0.25) is 5.91 Å². The van der Waals surface area contributed by atoms with Crippen LogP contribution in [0.1, 0.15) is 24.2 Å². The molecule has 0 aliphatic carbocycles. The summed E-state index contributed by atoms with van der Waals surface area (Å²) in [5, 5.41) is 10.4. The van der Waals surface area contributed by atoms with Gasteiger partial charge in [0.1, 0.15) is 0 Å². The largest absolute Gasteiger partial charge is 0.326 e. The highest BCUT2D eigenvalue weighted by Gasteiger charge is 2.12. The van der Waals surface area contributed by atoms with Crippen LogP contribution in [0.3, 0.4) is 0 Å². The molecule has 1 heterocycles. The minimum atomic E-state index is -0.285. The molecule has 0 saturated heterocycles. The van der Waals surface area contributed by atoms with Crippen LogP contribution in [0, 0.1) is 5.92 Å². The maximum atomic E-state index is 12.6. The molecule has 138 valence electrons. The summed E-state index contributed by atoms with van der Waals surface area (Å²) in [6.45, 7) is 3.64. The fraction of sp³-hybridized carbons (Fsp3) is 0.150. The number of aromatic nitrogens is 2. The summed E-state index contributed by atoms with van der Waals surface area (Å²) in [5.74, 6) is -0.473. The third kappa shape index (κ3) is 4.54. The molecule has 3 aromatic rings. The number of carbonyl (C=O) groups excluding carboxylic acids is 2. The van der Waals surface area contributed by atoms with Crippen molar-refractivity contribution in [2.75, 3.05) is 10.6 Å². The number of benzene rings is 2. The summed E-state index contributed by atoms with van der Waals surface area (Å²) in [5.41, 5.74) is 2.36. The Bertz CT molecular complexity index is 951. The van der Waals surface area contributed by atoms with Crippen LogP contribution in [0.2, 0.25) is 5.02 Å². The Labute approximate surface area is 162 Å². The average Bonchev–Trinajstić information content (AvgIpc) is 3.16. The molecule has 7 heteroatoms. The second-order valence-electron chi connectivity index (χ2n) is 6.29. The summed E-state index contributed by atoms with van der Waals surface area (Å²) >= 11 is 6.08. The fourth-order valence-electron chi connectivity index (χ4n) is 2.41. The summed E-state index contributed by atoms with van der Waals surface area (Å²) in [6, 6.07) is 13.7. The number of hydrogen-bond donors (Lipinski definition) is 2. The molecule has 0 aliphatic heterocycles. The van der Waals surface area contributed by atoms with E-state index in [-0.39, 0.29) is 17.7 Å². The van der Waals surface area contributed by atoms with Gasteiger partial charge in [0, 0.05) is 34.6 Å². The molecular formula is C20H19ClN4O2. The minimum Gasteiger partial charge on any atom is -0.326 e. The number of rotatable bonds is 5. The Hall–Kier alpha value is -3.12. The minimum absolute atomic E-state index is 0.0741. The first-order valence-electron chi connectivity index (χ1n) is 8.46. The van der Waals surface area contributed by atoms with Gasteiger partial charge < -0.3 is 10.6 Å². The predicted octanol–water partition coefficient (Wildman–Crippen LogP) is 4.37. The molecule has 0 fully saturated rings. The monoisotopic (exact) mass is 382 g/mol. The smallest absolute Gasteiger partial charge is 0.255 e. The lowest BCUT2D eigenvalue weighted by atomic mass is 10.1. The molecule has 0 spiro atoms. The van der Waals surface area contributed by atoms with Crippen LogP contribution >= 0.6 is 11.6 Å². The molecule has 0 radical (unpaired) electrons.